The summed E-state index contributed by atoms with van der Waals surface area (Å²) in [5.74, 6) is -0.336. The maximum Gasteiger partial charge on any atom is 0.270 e. The fourth-order valence-electron chi connectivity index (χ4n) is 4.78. The number of ketones is 1. The van der Waals surface area contributed by atoms with Crippen molar-refractivity contribution in [3.63, 3.8) is 0 Å². The minimum atomic E-state index is -0.767. The number of hydrogen-bond donors (Lipinski definition) is 3. The first-order valence-corrected chi connectivity index (χ1v) is 11.4. The molecule has 0 bridgehead atoms. The van der Waals surface area contributed by atoms with Crippen molar-refractivity contribution >= 4 is 11.7 Å². The minimum Gasteiger partial charge on any atom is -0.508 e. The normalized spacial score (nSPS) is 18.9. The molecule has 2 aromatic carbocycles. The van der Waals surface area contributed by atoms with E-state index in [0.29, 0.717) is 34.8 Å². The van der Waals surface area contributed by atoms with Crippen molar-refractivity contribution in [2.24, 2.45) is 11.1 Å². The molecule has 2 aliphatic rings. The Hall–Kier alpha value is -4.45. The van der Waals surface area contributed by atoms with Gasteiger partial charge >= 0.3 is 0 Å². The number of nitrogens with one attached hydrogen (secondary N) is 1. The molecule has 1 aliphatic heterocycles. The maximum atomic E-state index is 13.6. The lowest BCUT2D eigenvalue weighted by Crippen LogP contribution is -2.49. The van der Waals surface area contributed by atoms with Gasteiger partial charge in [0, 0.05) is 29.2 Å². The van der Waals surface area contributed by atoms with Gasteiger partial charge in [-0.3, -0.25) is 15.0 Å². The maximum absolute atomic E-state index is 13.6. The Labute approximate surface area is 209 Å². The number of carbonyl (C=O) groups excluding carboxylic acids is 2. The molecule has 0 aromatic heterocycles. The number of nitrogens with two attached hydrogens (primary N) is 1. The first-order chi connectivity index (χ1) is 17.1. The first-order valence-electron chi connectivity index (χ1n) is 11.4. The van der Waals surface area contributed by atoms with Gasteiger partial charge < -0.3 is 20.3 Å². The molecule has 4 N–H and O–H groups in total. The van der Waals surface area contributed by atoms with Crippen molar-refractivity contribution in [3.05, 3.63) is 76.3 Å². The minimum absolute atomic E-state index is 0.0246. The fraction of sp³-hybridized carbons (Fsp3) is 0.296. The summed E-state index contributed by atoms with van der Waals surface area (Å²) in [5.41, 5.74) is 10.8. The zero-order valence-electron chi connectivity index (χ0n) is 20.6. The predicted molar refractivity (Wildman–Crippen MR) is 132 cm³/mol. The number of methoxy groups -OCH3 is 2. The molecule has 9 heteroatoms. The molecule has 1 amide bonds. The van der Waals surface area contributed by atoms with Crippen LogP contribution in [0.2, 0.25) is 0 Å². The molecule has 0 spiro atoms. The average Bonchev–Trinajstić information content (AvgIpc) is 2.84. The van der Waals surface area contributed by atoms with Crippen molar-refractivity contribution in [1.29, 1.82) is 5.26 Å². The number of ether oxygens (including phenoxy) is 2. The lowest BCUT2D eigenvalue weighted by molar-refractivity contribution is -0.118. The summed E-state index contributed by atoms with van der Waals surface area (Å²) in [4.78, 5) is 26.7. The van der Waals surface area contributed by atoms with Crippen LogP contribution in [-0.4, -0.2) is 36.0 Å². The van der Waals surface area contributed by atoms with Gasteiger partial charge in [-0.15, -0.1) is 0 Å². The highest BCUT2D eigenvalue weighted by molar-refractivity contribution is 6.01. The predicted octanol–water partition coefficient (Wildman–Crippen LogP) is 3.49. The molecule has 1 unspecified atom stereocenters. The molecule has 1 heterocycles. The van der Waals surface area contributed by atoms with E-state index in [1.54, 1.807) is 18.2 Å². The van der Waals surface area contributed by atoms with Crippen LogP contribution in [0.15, 0.2) is 65.1 Å². The largest absolute Gasteiger partial charge is 0.508 e. The Morgan fingerprint density at radius 1 is 1.17 bits per heavy atom. The smallest absolute Gasteiger partial charge is 0.270 e. The molecule has 0 radical (unpaired) electrons. The van der Waals surface area contributed by atoms with Gasteiger partial charge in [-0.1, -0.05) is 19.9 Å². The number of benzene rings is 2. The third-order valence-corrected chi connectivity index (χ3v) is 6.48. The van der Waals surface area contributed by atoms with Crippen LogP contribution in [0.3, 0.4) is 0 Å². The van der Waals surface area contributed by atoms with Crippen LogP contribution in [0.5, 0.6) is 17.2 Å². The fourth-order valence-corrected chi connectivity index (χ4v) is 4.78. The van der Waals surface area contributed by atoms with Crippen LogP contribution in [0, 0.1) is 16.7 Å². The van der Waals surface area contributed by atoms with E-state index < -0.39 is 17.2 Å². The standard InChI is InChI=1S/C27H28N4O5/c1-27(2)12-20-24(21(33)13-27)23(18-10-9-17(35-3)11-22(18)36-4)19(14-28)25(29)31(20)30-26(34)15-5-7-16(32)8-6-15/h5-11,23,32H,12-13,29H2,1-4H3,(H,30,34). The Morgan fingerprint density at radius 3 is 2.47 bits per heavy atom. The van der Waals surface area contributed by atoms with E-state index in [1.807, 2.05) is 13.8 Å². The zero-order chi connectivity index (χ0) is 26.2. The molecule has 0 fully saturated rings. The van der Waals surface area contributed by atoms with Gasteiger partial charge in [0.2, 0.25) is 0 Å². The molecule has 1 atom stereocenters. The van der Waals surface area contributed by atoms with Gasteiger partial charge in [0.15, 0.2) is 5.78 Å². The summed E-state index contributed by atoms with van der Waals surface area (Å²) in [6, 6.07) is 13.1. The van der Waals surface area contributed by atoms with Crippen molar-refractivity contribution in [2.45, 2.75) is 32.6 Å². The number of phenols is 1. The Bertz CT molecular complexity index is 1330. The van der Waals surface area contributed by atoms with Gasteiger partial charge in [-0.2, -0.15) is 5.26 Å². The van der Waals surface area contributed by atoms with Crippen molar-refractivity contribution < 1.29 is 24.2 Å². The van der Waals surface area contributed by atoms with Crippen molar-refractivity contribution in [1.82, 2.24) is 10.4 Å². The monoisotopic (exact) mass is 488 g/mol. The van der Waals surface area contributed by atoms with E-state index in [9.17, 15) is 20.0 Å². The molecule has 2 aromatic rings. The zero-order valence-corrected chi connectivity index (χ0v) is 20.6. The third-order valence-electron chi connectivity index (χ3n) is 6.48. The second-order valence-corrected chi connectivity index (χ2v) is 9.58. The summed E-state index contributed by atoms with van der Waals surface area (Å²) >= 11 is 0. The van der Waals surface area contributed by atoms with E-state index in [1.165, 1.54) is 43.5 Å². The first kappa shape index (κ1) is 24.7. The van der Waals surface area contributed by atoms with Crippen LogP contribution in [0.25, 0.3) is 0 Å². The molecule has 36 heavy (non-hydrogen) atoms. The highest BCUT2D eigenvalue weighted by Gasteiger charge is 2.45. The molecule has 9 nitrogen and oxygen atoms in total. The van der Waals surface area contributed by atoms with Crippen LogP contribution < -0.4 is 20.6 Å². The van der Waals surface area contributed by atoms with Gasteiger partial charge in [0.25, 0.3) is 5.91 Å². The number of hydrogen-bond acceptors (Lipinski definition) is 8. The summed E-state index contributed by atoms with van der Waals surface area (Å²) in [5, 5.41) is 21.1. The number of aromatic hydroxyl groups is 1. The van der Waals surface area contributed by atoms with Gasteiger partial charge in [0.1, 0.15) is 23.1 Å². The van der Waals surface area contributed by atoms with E-state index in [4.69, 9.17) is 15.2 Å². The average molecular weight is 489 g/mol. The van der Waals surface area contributed by atoms with E-state index in [-0.39, 0.29) is 34.9 Å². The Balaban J connectivity index is 1.88. The SMILES string of the molecule is COc1ccc(C2C(C#N)=C(N)N(NC(=O)c3ccc(O)cc3)C3=C2C(=O)CC(C)(C)C3)c(OC)c1. The van der Waals surface area contributed by atoms with Crippen LogP contribution >= 0.6 is 0 Å². The second-order valence-electron chi connectivity index (χ2n) is 9.58. The summed E-state index contributed by atoms with van der Waals surface area (Å²) in [6.07, 6.45) is 0.720. The number of carbonyl (C=O) groups is 2. The number of rotatable bonds is 5. The molecular weight excluding hydrogens is 460 g/mol. The third kappa shape index (κ3) is 4.33. The Kier molecular flexibility index (Phi) is 6.37. The molecule has 0 saturated heterocycles. The second kappa shape index (κ2) is 9.30. The van der Waals surface area contributed by atoms with Gasteiger partial charge in [-0.05, 0) is 42.2 Å². The van der Waals surface area contributed by atoms with E-state index in [2.05, 4.69) is 11.5 Å². The summed E-state index contributed by atoms with van der Waals surface area (Å²) < 4.78 is 10.9. The molecule has 0 saturated carbocycles. The van der Waals surface area contributed by atoms with Crippen molar-refractivity contribution in [3.8, 4) is 23.3 Å². The summed E-state index contributed by atoms with van der Waals surface area (Å²) in [6.45, 7) is 3.94. The number of amides is 1. The number of nitrogens with zero attached hydrogens (tertiary/aromatic N) is 2. The highest BCUT2D eigenvalue weighted by atomic mass is 16.5. The van der Waals surface area contributed by atoms with Gasteiger partial charge in [-0.25, -0.2) is 5.01 Å². The topological polar surface area (TPSA) is 138 Å². The number of Topliss-reactive ketones (excluding diaryl/α,β-unsaturated/α-hetero) is 1. The number of nitriles is 1. The highest BCUT2D eigenvalue weighted by Crippen LogP contribution is 2.50. The number of phenolic OH excluding ortho intramolecular Hbond substituents is 1. The lowest BCUT2D eigenvalue weighted by Gasteiger charge is -2.43. The lowest BCUT2D eigenvalue weighted by atomic mass is 9.69. The van der Waals surface area contributed by atoms with Crippen LogP contribution in [0.1, 0.15) is 48.5 Å². The van der Waals surface area contributed by atoms with Crippen LogP contribution in [0.4, 0.5) is 0 Å². The molecule has 1 aliphatic carbocycles. The number of hydrazine groups is 1. The Morgan fingerprint density at radius 2 is 1.86 bits per heavy atom. The quantitative estimate of drug-likeness (QED) is 0.581. The van der Waals surface area contributed by atoms with Crippen LogP contribution in [-0.2, 0) is 4.79 Å². The summed E-state index contributed by atoms with van der Waals surface area (Å²) in [7, 11) is 3.04. The van der Waals surface area contributed by atoms with E-state index in [0.717, 1.165) is 0 Å². The molecular formula is C27H28N4O5. The molecule has 4 rings (SSSR count). The van der Waals surface area contributed by atoms with Gasteiger partial charge in [0.05, 0.1) is 37.5 Å². The van der Waals surface area contributed by atoms with E-state index >= 15 is 0 Å². The number of allylic oxidation sites excluding steroid dienone is 3. The molecule has 186 valence electrons. The van der Waals surface area contributed by atoms with Crippen molar-refractivity contribution in [2.75, 3.05) is 14.2 Å².